The average molecular weight is 276 g/mol. The van der Waals surface area contributed by atoms with Gasteiger partial charge in [0.1, 0.15) is 5.00 Å². The Morgan fingerprint density at radius 3 is 2.84 bits per heavy atom. The number of benzene rings is 1. The first-order chi connectivity index (χ1) is 9.22. The van der Waals surface area contributed by atoms with E-state index in [1.54, 1.807) is 12.4 Å². The Kier molecular flexibility index (Phi) is 4.52. The molecule has 2 aromatic rings. The van der Waals surface area contributed by atoms with Crippen molar-refractivity contribution in [2.24, 2.45) is 0 Å². The second kappa shape index (κ2) is 6.33. The van der Waals surface area contributed by atoms with E-state index in [0.717, 1.165) is 10.6 Å². The van der Waals surface area contributed by atoms with Crippen molar-refractivity contribution in [2.45, 2.75) is 19.9 Å². The van der Waals surface area contributed by atoms with E-state index in [1.165, 1.54) is 11.3 Å². The number of esters is 1. The minimum atomic E-state index is -0.383. The van der Waals surface area contributed by atoms with Crippen molar-refractivity contribution in [3.63, 3.8) is 0 Å². The topological polar surface area (TPSA) is 51.2 Å². The van der Waals surface area contributed by atoms with Crippen molar-refractivity contribution in [1.82, 2.24) is 4.98 Å². The van der Waals surface area contributed by atoms with Crippen LogP contribution in [-0.4, -0.2) is 17.6 Å². The van der Waals surface area contributed by atoms with Gasteiger partial charge in [0.05, 0.1) is 12.1 Å². The van der Waals surface area contributed by atoms with Crippen LogP contribution in [0, 0.1) is 0 Å². The number of hydrogen-bond donors (Lipinski definition) is 1. The molecular formula is C14H16N2O2S. The van der Waals surface area contributed by atoms with Crippen LogP contribution >= 0.6 is 11.3 Å². The highest BCUT2D eigenvalue weighted by atomic mass is 32.1. The molecule has 1 aromatic heterocycles. The Morgan fingerprint density at radius 1 is 1.42 bits per heavy atom. The van der Waals surface area contributed by atoms with Crippen LogP contribution < -0.4 is 5.32 Å². The minimum absolute atomic E-state index is 0.106. The van der Waals surface area contributed by atoms with E-state index in [9.17, 15) is 4.79 Å². The minimum Gasteiger partial charge on any atom is -0.461 e. The molecule has 0 aliphatic heterocycles. The van der Waals surface area contributed by atoms with E-state index < -0.39 is 0 Å². The van der Waals surface area contributed by atoms with Crippen LogP contribution in [0.3, 0.4) is 0 Å². The predicted molar refractivity (Wildman–Crippen MR) is 76.6 cm³/mol. The first kappa shape index (κ1) is 13.5. The zero-order chi connectivity index (χ0) is 13.7. The fraction of sp³-hybridized carbons (Fsp3) is 0.286. The molecule has 0 amide bonds. The van der Waals surface area contributed by atoms with Crippen LogP contribution in [0.1, 0.15) is 35.9 Å². The Balaban J connectivity index is 2.12. The van der Waals surface area contributed by atoms with Crippen molar-refractivity contribution in [3.05, 3.63) is 47.1 Å². The van der Waals surface area contributed by atoms with Gasteiger partial charge in [-0.05, 0) is 19.4 Å². The van der Waals surface area contributed by atoms with Crippen LogP contribution in [-0.2, 0) is 4.74 Å². The maximum atomic E-state index is 11.7. The summed E-state index contributed by atoms with van der Waals surface area (Å²) < 4.78 is 4.98. The van der Waals surface area contributed by atoms with Crippen LogP contribution in [0.25, 0.3) is 0 Å². The smallest absolute Gasteiger partial charge is 0.360 e. The predicted octanol–water partition coefficient (Wildman–Crippen LogP) is 3.49. The second-order valence-electron chi connectivity index (χ2n) is 4.03. The summed E-state index contributed by atoms with van der Waals surface area (Å²) >= 11 is 1.40. The Bertz CT molecular complexity index is 539. The quantitative estimate of drug-likeness (QED) is 0.849. The zero-order valence-electron chi connectivity index (χ0n) is 10.9. The molecular weight excluding hydrogens is 260 g/mol. The molecule has 0 radical (unpaired) electrons. The largest absolute Gasteiger partial charge is 0.461 e. The summed E-state index contributed by atoms with van der Waals surface area (Å²) in [5, 5.41) is 4.05. The van der Waals surface area contributed by atoms with Gasteiger partial charge in [-0.3, -0.25) is 0 Å². The van der Waals surface area contributed by atoms with E-state index in [1.807, 2.05) is 37.3 Å². The average Bonchev–Trinajstić information content (AvgIpc) is 2.88. The standard InChI is InChI=1S/C14H16N2O2S/c1-3-18-14(17)12-13(19-9-15-12)16-10(2)11-7-5-4-6-8-11/h4-10,16H,3H2,1-2H3/t10-/m0/s1. The molecule has 0 aliphatic carbocycles. The molecule has 19 heavy (non-hydrogen) atoms. The van der Waals surface area contributed by atoms with Gasteiger partial charge in [-0.25, -0.2) is 9.78 Å². The first-order valence-corrected chi connectivity index (χ1v) is 7.02. The molecule has 0 bridgehead atoms. The fourth-order valence-corrected chi connectivity index (χ4v) is 2.47. The third-order valence-corrected chi connectivity index (χ3v) is 3.44. The number of thiazole rings is 1. The highest BCUT2D eigenvalue weighted by molar-refractivity contribution is 7.14. The van der Waals surface area contributed by atoms with Crippen LogP contribution in [0.5, 0.6) is 0 Å². The number of carbonyl (C=O) groups is 1. The number of aromatic nitrogens is 1. The highest BCUT2D eigenvalue weighted by Gasteiger charge is 2.17. The molecule has 1 aromatic carbocycles. The molecule has 0 saturated heterocycles. The summed E-state index contributed by atoms with van der Waals surface area (Å²) in [6, 6.07) is 10.2. The van der Waals surface area contributed by atoms with Gasteiger partial charge in [0, 0.05) is 6.04 Å². The highest BCUT2D eigenvalue weighted by Crippen LogP contribution is 2.26. The molecule has 5 heteroatoms. The normalized spacial score (nSPS) is 11.9. The van der Waals surface area contributed by atoms with E-state index in [-0.39, 0.29) is 12.0 Å². The van der Waals surface area contributed by atoms with Crippen LogP contribution in [0.4, 0.5) is 5.00 Å². The Labute approximate surface area is 116 Å². The van der Waals surface area contributed by atoms with Crippen molar-refractivity contribution in [1.29, 1.82) is 0 Å². The molecule has 0 fully saturated rings. The van der Waals surface area contributed by atoms with E-state index >= 15 is 0 Å². The summed E-state index contributed by atoms with van der Waals surface area (Å²) in [5.74, 6) is -0.383. The molecule has 0 aliphatic rings. The third-order valence-electron chi connectivity index (χ3n) is 2.68. The lowest BCUT2D eigenvalue weighted by atomic mass is 10.1. The number of ether oxygens (including phenoxy) is 1. The summed E-state index contributed by atoms with van der Waals surface area (Å²) in [4.78, 5) is 15.8. The Morgan fingerprint density at radius 2 is 2.16 bits per heavy atom. The maximum absolute atomic E-state index is 11.7. The molecule has 0 spiro atoms. The molecule has 1 heterocycles. The molecule has 1 N–H and O–H groups in total. The lowest BCUT2D eigenvalue weighted by Gasteiger charge is -2.14. The monoisotopic (exact) mass is 276 g/mol. The van der Waals surface area contributed by atoms with E-state index in [2.05, 4.69) is 10.3 Å². The van der Waals surface area contributed by atoms with Crippen molar-refractivity contribution < 1.29 is 9.53 Å². The van der Waals surface area contributed by atoms with Gasteiger partial charge in [-0.2, -0.15) is 0 Å². The van der Waals surface area contributed by atoms with E-state index in [0.29, 0.717) is 12.3 Å². The third kappa shape index (κ3) is 3.32. The van der Waals surface area contributed by atoms with Gasteiger partial charge in [0.2, 0.25) is 0 Å². The summed E-state index contributed by atoms with van der Waals surface area (Å²) in [5.41, 5.74) is 3.16. The fourth-order valence-electron chi connectivity index (χ4n) is 1.72. The number of hydrogen-bond acceptors (Lipinski definition) is 5. The lowest BCUT2D eigenvalue weighted by Crippen LogP contribution is -2.11. The SMILES string of the molecule is CCOC(=O)c1ncsc1N[C@@H](C)c1ccccc1. The molecule has 4 nitrogen and oxygen atoms in total. The maximum Gasteiger partial charge on any atom is 0.360 e. The summed E-state index contributed by atoms with van der Waals surface area (Å²) in [6.07, 6.45) is 0. The number of rotatable bonds is 5. The van der Waals surface area contributed by atoms with Crippen molar-refractivity contribution in [2.75, 3.05) is 11.9 Å². The van der Waals surface area contributed by atoms with Gasteiger partial charge in [0.15, 0.2) is 5.69 Å². The Hall–Kier alpha value is -1.88. The number of nitrogens with one attached hydrogen (secondary N) is 1. The van der Waals surface area contributed by atoms with Crippen LogP contribution in [0.2, 0.25) is 0 Å². The summed E-state index contributed by atoms with van der Waals surface area (Å²) in [7, 11) is 0. The van der Waals surface area contributed by atoms with Gasteiger partial charge >= 0.3 is 5.97 Å². The van der Waals surface area contributed by atoms with Crippen molar-refractivity contribution >= 4 is 22.3 Å². The molecule has 100 valence electrons. The zero-order valence-corrected chi connectivity index (χ0v) is 11.7. The van der Waals surface area contributed by atoms with Crippen molar-refractivity contribution in [3.8, 4) is 0 Å². The molecule has 0 saturated carbocycles. The van der Waals surface area contributed by atoms with Gasteiger partial charge < -0.3 is 10.1 Å². The van der Waals surface area contributed by atoms with Crippen LogP contribution in [0.15, 0.2) is 35.8 Å². The molecule has 1 atom stereocenters. The molecule has 0 unspecified atom stereocenters. The van der Waals surface area contributed by atoms with Gasteiger partial charge in [0.25, 0.3) is 0 Å². The van der Waals surface area contributed by atoms with E-state index in [4.69, 9.17) is 4.74 Å². The summed E-state index contributed by atoms with van der Waals surface area (Å²) in [6.45, 7) is 4.18. The second-order valence-corrected chi connectivity index (χ2v) is 4.88. The lowest BCUT2D eigenvalue weighted by molar-refractivity contribution is 0.0521. The molecule has 2 rings (SSSR count). The number of anilines is 1. The van der Waals surface area contributed by atoms with Gasteiger partial charge in [-0.1, -0.05) is 30.3 Å². The van der Waals surface area contributed by atoms with Gasteiger partial charge in [-0.15, -0.1) is 11.3 Å². The number of nitrogens with zero attached hydrogens (tertiary/aromatic N) is 1. The first-order valence-electron chi connectivity index (χ1n) is 6.14. The number of carbonyl (C=O) groups excluding carboxylic acids is 1.